The molecular formula is C19H15ClN4O2S. The molecule has 2 aromatic heterocycles. The van der Waals surface area contributed by atoms with Crippen molar-refractivity contribution < 1.29 is 4.42 Å². The molecule has 2 aromatic carbocycles. The van der Waals surface area contributed by atoms with Gasteiger partial charge in [0.15, 0.2) is 5.16 Å². The van der Waals surface area contributed by atoms with Crippen molar-refractivity contribution in [3.63, 3.8) is 0 Å². The van der Waals surface area contributed by atoms with E-state index in [9.17, 15) is 4.79 Å². The van der Waals surface area contributed by atoms with Gasteiger partial charge in [0.05, 0.1) is 16.7 Å². The summed E-state index contributed by atoms with van der Waals surface area (Å²) in [5.74, 6) is 1.32. The summed E-state index contributed by atoms with van der Waals surface area (Å²) in [6, 6.07) is 14.5. The Labute approximate surface area is 164 Å². The van der Waals surface area contributed by atoms with Gasteiger partial charge in [0.1, 0.15) is 0 Å². The van der Waals surface area contributed by atoms with Crippen LogP contribution in [0.4, 0.5) is 0 Å². The highest BCUT2D eigenvalue weighted by molar-refractivity contribution is 7.98. The fraction of sp³-hybridized carbons (Fsp3) is 0.158. The van der Waals surface area contributed by atoms with Crippen molar-refractivity contribution in [3.8, 4) is 11.5 Å². The van der Waals surface area contributed by atoms with Crippen molar-refractivity contribution in [1.29, 1.82) is 0 Å². The van der Waals surface area contributed by atoms with Gasteiger partial charge in [-0.3, -0.25) is 9.36 Å². The van der Waals surface area contributed by atoms with E-state index in [2.05, 4.69) is 15.2 Å². The first kappa shape index (κ1) is 17.8. The average molecular weight is 399 g/mol. The summed E-state index contributed by atoms with van der Waals surface area (Å²) in [7, 11) is 0. The SMILES string of the molecule is CCn1c(SCc2nnc(-c3ccc(Cl)cc3)o2)nc2ccccc2c1=O. The highest BCUT2D eigenvalue weighted by atomic mass is 35.5. The molecule has 4 aromatic rings. The second-order valence-electron chi connectivity index (χ2n) is 5.76. The minimum absolute atomic E-state index is 0.0435. The average Bonchev–Trinajstić information content (AvgIpc) is 3.16. The van der Waals surface area contributed by atoms with Crippen LogP contribution in [0.15, 0.2) is 62.9 Å². The third-order valence-electron chi connectivity index (χ3n) is 4.03. The van der Waals surface area contributed by atoms with Gasteiger partial charge in [0.2, 0.25) is 11.8 Å². The Morgan fingerprint density at radius 3 is 2.67 bits per heavy atom. The van der Waals surface area contributed by atoms with E-state index in [1.165, 1.54) is 11.8 Å². The summed E-state index contributed by atoms with van der Waals surface area (Å²) in [5, 5.41) is 10.1. The summed E-state index contributed by atoms with van der Waals surface area (Å²) >= 11 is 7.30. The van der Waals surface area contributed by atoms with Crippen molar-refractivity contribution in [3.05, 3.63) is 69.8 Å². The minimum atomic E-state index is -0.0435. The van der Waals surface area contributed by atoms with E-state index in [0.29, 0.717) is 45.2 Å². The normalized spacial score (nSPS) is 11.2. The molecule has 0 N–H and O–H groups in total. The van der Waals surface area contributed by atoms with Crippen molar-refractivity contribution in [2.45, 2.75) is 24.4 Å². The molecular weight excluding hydrogens is 384 g/mol. The number of hydrogen-bond donors (Lipinski definition) is 0. The molecule has 0 bridgehead atoms. The number of nitrogens with zero attached hydrogens (tertiary/aromatic N) is 4. The molecule has 0 saturated carbocycles. The van der Waals surface area contributed by atoms with Gasteiger partial charge in [-0.1, -0.05) is 35.5 Å². The molecule has 4 rings (SSSR count). The molecule has 27 heavy (non-hydrogen) atoms. The third kappa shape index (κ3) is 3.61. The molecule has 136 valence electrons. The van der Waals surface area contributed by atoms with Gasteiger partial charge in [-0.05, 0) is 43.3 Å². The number of thioether (sulfide) groups is 1. The van der Waals surface area contributed by atoms with E-state index < -0.39 is 0 Å². The lowest BCUT2D eigenvalue weighted by Gasteiger charge is -2.10. The zero-order valence-electron chi connectivity index (χ0n) is 14.4. The van der Waals surface area contributed by atoms with Crippen LogP contribution in [0, 0.1) is 0 Å². The summed E-state index contributed by atoms with van der Waals surface area (Å²) in [6.07, 6.45) is 0. The van der Waals surface area contributed by atoms with Crippen LogP contribution in [-0.2, 0) is 12.3 Å². The largest absolute Gasteiger partial charge is 0.420 e. The monoisotopic (exact) mass is 398 g/mol. The van der Waals surface area contributed by atoms with Gasteiger partial charge in [-0.2, -0.15) is 0 Å². The highest BCUT2D eigenvalue weighted by Crippen LogP contribution is 2.25. The van der Waals surface area contributed by atoms with E-state index >= 15 is 0 Å². The lowest BCUT2D eigenvalue weighted by molar-refractivity contribution is 0.527. The summed E-state index contributed by atoms with van der Waals surface area (Å²) in [4.78, 5) is 17.3. The third-order valence-corrected chi connectivity index (χ3v) is 5.24. The van der Waals surface area contributed by atoms with Gasteiger partial charge < -0.3 is 4.42 Å². The molecule has 0 atom stereocenters. The van der Waals surface area contributed by atoms with Crippen molar-refractivity contribution in [2.24, 2.45) is 0 Å². The number of hydrogen-bond acceptors (Lipinski definition) is 6. The molecule has 0 spiro atoms. The van der Waals surface area contributed by atoms with E-state index in [1.54, 1.807) is 22.8 Å². The fourth-order valence-corrected chi connectivity index (χ4v) is 3.71. The van der Waals surface area contributed by atoms with E-state index in [4.69, 9.17) is 16.0 Å². The van der Waals surface area contributed by atoms with Crippen LogP contribution in [0.5, 0.6) is 0 Å². The maximum atomic E-state index is 12.7. The van der Waals surface area contributed by atoms with Crippen molar-refractivity contribution in [1.82, 2.24) is 19.7 Å². The number of benzene rings is 2. The molecule has 8 heteroatoms. The first-order valence-electron chi connectivity index (χ1n) is 8.36. The second kappa shape index (κ2) is 7.54. The molecule has 0 saturated heterocycles. The molecule has 0 radical (unpaired) electrons. The molecule has 2 heterocycles. The maximum absolute atomic E-state index is 12.7. The first-order valence-corrected chi connectivity index (χ1v) is 9.72. The van der Waals surface area contributed by atoms with Gasteiger partial charge in [0, 0.05) is 17.1 Å². The van der Waals surface area contributed by atoms with Crippen LogP contribution in [-0.4, -0.2) is 19.7 Å². The molecule has 0 aliphatic rings. The first-order chi connectivity index (χ1) is 13.2. The summed E-state index contributed by atoms with van der Waals surface area (Å²) in [6.45, 7) is 2.46. The Hall–Kier alpha value is -2.64. The van der Waals surface area contributed by atoms with E-state index in [-0.39, 0.29) is 5.56 Å². The quantitative estimate of drug-likeness (QED) is 0.366. The molecule has 0 amide bonds. The second-order valence-corrected chi connectivity index (χ2v) is 7.14. The Morgan fingerprint density at radius 2 is 1.89 bits per heavy atom. The lowest BCUT2D eigenvalue weighted by atomic mass is 10.2. The van der Waals surface area contributed by atoms with Crippen molar-refractivity contribution >= 4 is 34.3 Å². The van der Waals surface area contributed by atoms with Crippen molar-refractivity contribution in [2.75, 3.05) is 0 Å². The van der Waals surface area contributed by atoms with Gasteiger partial charge in [-0.25, -0.2) is 4.98 Å². The van der Waals surface area contributed by atoms with Gasteiger partial charge in [0.25, 0.3) is 5.56 Å². The number of para-hydroxylation sites is 1. The van der Waals surface area contributed by atoms with Gasteiger partial charge >= 0.3 is 0 Å². The molecule has 0 fully saturated rings. The topological polar surface area (TPSA) is 73.8 Å². The van der Waals surface area contributed by atoms with Crippen LogP contribution >= 0.6 is 23.4 Å². The Balaban J connectivity index is 1.59. The Kier molecular flexibility index (Phi) is 4.96. The molecule has 6 nitrogen and oxygen atoms in total. The maximum Gasteiger partial charge on any atom is 0.262 e. The number of fused-ring (bicyclic) bond motifs is 1. The van der Waals surface area contributed by atoms with Crippen LogP contribution in [0.1, 0.15) is 12.8 Å². The predicted molar refractivity (Wildman–Crippen MR) is 106 cm³/mol. The van der Waals surface area contributed by atoms with E-state index in [0.717, 1.165) is 5.56 Å². The lowest BCUT2D eigenvalue weighted by Crippen LogP contribution is -2.22. The standard InChI is InChI=1S/C19H15ClN4O2S/c1-2-24-18(25)14-5-3-4-6-15(14)21-19(24)27-11-16-22-23-17(26-16)12-7-9-13(20)10-8-12/h3-10H,2,11H2,1H3. The summed E-state index contributed by atoms with van der Waals surface area (Å²) in [5.41, 5.74) is 1.44. The van der Waals surface area contributed by atoms with Crippen LogP contribution in [0.2, 0.25) is 5.02 Å². The predicted octanol–water partition coefficient (Wildman–Crippen LogP) is 4.41. The zero-order valence-corrected chi connectivity index (χ0v) is 16.0. The highest BCUT2D eigenvalue weighted by Gasteiger charge is 2.13. The Morgan fingerprint density at radius 1 is 1.11 bits per heavy atom. The van der Waals surface area contributed by atoms with Crippen LogP contribution in [0.3, 0.4) is 0 Å². The molecule has 0 unspecified atom stereocenters. The smallest absolute Gasteiger partial charge is 0.262 e. The molecule has 0 aliphatic carbocycles. The number of rotatable bonds is 5. The minimum Gasteiger partial charge on any atom is -0.420 e. The molecule has 0 aliphatic heterocycles. The Bertz CT molecular complexity index is 1150. The number of halogens is 1. The number of aromatic nitrogens is 4. The zero-order chi connectivity index (χ0) is 18.8. The van der Waals surface area contributed by atoms with Gasteiger partial charge in [-0.15, -0.1) is 10.2 Å². The van der Waals surface area contributed by atoms with Crippen LogP contribution in [0.25, 0.3) is 22.4 Å². The summed E-state index contributed by atoms with van der Waals surface area (Å²) < 4.78 is 7.38. The fourth-order valence-electron chi connectivity index (χ4n) is 2.68. The van der Waals surface area contributed by atoms with E-state index in [1.807, 2.05) is 37.3 Å². The van der Waals surface area contributed by atoms with Crippen LogP contribution < -0.4 is 5.56 Å².